The number of benzene rings is 3. The first-order valence-electron chi connectivity index (χ1n) is 10.8. The molecule has 172 valence electrons. The van der Waals surface area contributed by atoms with E-state index in [-0.39, 0.29) is 12.5 Å². The molecule has 0 radical (unpaired) electrons. The number of hydrogen-bond acceptors (Lipinski definition) is 5. The Balaban J connectivity index is 1.71. The van der Waals surface area contributed by atoms with E-state index < -0.39 is 12.1 Å². The molecule has 0 bridgehead atoms. The Morgan fingerprint density at radius 2 is 1.76 bits per heavy atom. The van der Waals surface area contributed by atoms with E-state index in [4.69, 9.17) is 14.3 Å². The number of oxime groups is 1. The fourth-order valence-electron chi connectivity index (χ4n) is 3.49. The zero-order valence-electron chi connectivity index (χ0n) is 19.1. The van der Waals surface area contributed by atoms with Crippen molar-refractivity contribution in [3.8, 4) is 16.9 Å². The minimum Gasteiger partial charge on any atom is -0.496 e. The zero-order valence-corrected chi connectivity index (χ0v) is 19.1. The molecule has 0 amide bonds. The van der Waals surface area contributed by atoms with Crippen molar-refractivity contribution in [3.63, 3.8) is 0 Å². The van der Waals surface area contributed by atoms with Gasteiger partial charge in [-0.05, 0) is 48.2 Å². The number of ether oxygens (including phenoxy) is 2. The van der Waals surface area contributed by atoms with Crippen LogP contribution in [0, 0.1) is 0 Å². The van der Waals surface area contributed by atoms with Gasteiger partial charge in [0.05, 0.1) is 19.4 Å². The summed E-state index contributed by atoms with van der Waals surface area (Å²) in [7, 11) is 1.57. The van der Waals surface area contributed by atoms with Crippen molar-refractivity contribution in [2.45, 2.75) is 39.1 Å². The molecular formula is C27H29NO5. The van der Waals surface area contributed by atoms with Gasteiger partial charge >= 0.3 is 5.97 Å². The van der Waals surface area contributed by atoms with E-state index in [9.17, 15) is 9.90 Å². The summed E-state index contributed by atoms with van der Waals surface area (Å²) in [5, 5.41) is 13.6. The van der Waals surface area contributed by atoms with Crippen LogP contribution in [0.3, 0.4) is 0 Å². The van der Waals surface area contributed by atoms with Crippen molar-refractivity contribution < 1.29 is 24.2 Å². The number of rotatable bonds is 11. The molecule has 0 aliphatic rings. The van der Waals surface area contributed by atoms with Gasteiger partial charge in [0.1, 0.15) is 12.4 Å². The highest BCUT2D eigenvalue weighted by atomic mass is 16.6. The average Bonchev–Trinajstić information content (AvgIpc) is 2.82. The second-order valence-electron chi connectivity index (χ2n) is 7.82. The number of nitrogens with zero attached hydrogens (tertiary/aromatic N) is 1. The summed E-state index contributed by atoms with van der Waals surface area (Å²) in [6.07, 6.45) is 0.711. The molecule has 6 nitrogen and oxygen atoms in total. The first-order valence-corrected chi connectivity index (χ1v) is 10.8. The van der Waals surface area contributed by atoms with Crippen molar-refractivity contribution in [1.29, 1.82) is 0 Å². The first-order chi connectivity index (χ1) is 16.0. The molecule has 0 aliphatic carbocycles. The normalized spacial score (nSPS) is 12.1. The lowest BCUT2D eigenvalue weighted by molar-refractivity contribution is -0.153. The van der Waals surface area contributed by atoms with Gasteiger partial charge in [-0.25, -0.2) is 4.79 Å². The Morgan fingerprint density at radius 3 is 2.45 bits per heavy atom. The average molecular weight is 448 g/mol. The van der Waals surface area contributed by atoms with Crippen molar-refractivity contribution >= 4 is 12.2 Å². The zero-order chi connectivity index (χ0) is 23.6. The van der Waals surface area contributed by atoms with Crippen LogP contribution in [0.5, 0.6) is 5.75 Å². The van der Waals surface area contributed by atoms with Gasteiger partial charge in [0.2, 0.25) is 0 Å². The predicted octanol–water partition coefficient (Wildman–Crippen LogP) is 5.33. The number of carboxylic acid groups (broad SMARTS) is 1. The number of hydrogen-bond donors (Lipinski definition) is 1. The fraction of sp³-hybridized carbons (Fsp3) is 0.259. The van der Waals surface area contributed by atoms with E-state index in [0.29, 0.717) is 17.9 Å². The molecule has 0 heterocycles. The van der Waals surface area contributed by atoms with Crippen LogP contribution in [-0.2, 0) is 27.4 Å². The molecule has 1 N–H and O–H groups in total. The van der Waals surface area contributed by atoms with Crippen LogP contribution in [0.25, 0.3) is 11.1 Å². The quantitative estimate of drug-likeness (QED) is 0.317. The topological polar surface area (TPSA) is 77.4 Å². The minimum atomic E-state index is -0.991. The van der Waals surface area contributed by atoms with Crippen molar-refractivity contribution in [2.75, 3.05) is 7.11 Å². The van der Waals surface area contributed by atoms with Crippen LogP contribution < -0.4 is 4.74 Å². The van der Waals surface area contributed by atoms with E-state index in [1.54, 1.807) is 19.4 Å². The molecule has 0 aromatic heterocycles. The van der Waals surface area contributed by atoms with Crippen LogP contribution in [0.1, 0.15) is 30.5 Å². The van der Waals surface area contributed by atoms with E-state index in [1.165, 1.54) is 0 Å². The van der Waals surface area contributed by atoms with Gasteiger partial charge in [-0.1, -0.05) is 65.8 Å². The Morgan fingerprint density at radius 1 is 1.03 bits per heavy atom. The molecule has 3 rings (SSSR count). The second-order valence-corrected chi connectivity index (χ2v) is 7.82. The monoisotopic (exact) mass is 447 g/mol. The largest absolute Gasteiger partial charge is 0.496 e. The summed E-state index contributed by atoms with van der Waals surface area (Å²) in [6, 6.07) is 23.6. The van der Waals surface area contributed by atoms with Gasteiger partial charge in [-0.2, -0.15) is 0 Å². The standard InChI is InChI=1S/C27H29NO5/c1-19(2)33-26(27(29)30)16-20-13-14-25(31-3)23(15-20)17-28-32-18-22-11-7-8-12-24(22)21-9-5-4-6-10-21/h4-15,17,19,26H,16,18H2,1-3H3,(H,29,30)/b28-17+. The molecule has 0 aliphatic heterocycles. The van der Waals surface area contributed by atoms with Crippen LogP contribution in [0.2, 0.25) is 0 Å². The maximum Gasteiger partial charge on any atom is 0.333 e. The molecule has 0 fully saturated rings. The summed E-state index contributed by atoms with van der Waals surface area (Å²) in [5.74, 6) is -0.373. The second kappa shape index (κ2) is 11.8. The van der Waals surface area contributed by atoms with Gasteiger partial charge in [0, 0.05) is 12.0 Å². The summed E-state index contributed by atoms with van der Waals surface area (Å²) in [4.78, 5) is 17.1. The Hall–Kier alpha value is -3.64. The van der Waals surface area contributed by atoms with Gasteiger partial charge in [0.15, 0.2) is 6.10 Å². The molecule has 3 aromatic carbocycles. The summed E-state index contributed by atoms with van der Waals surface area (Å²) in [5.41, 5.74) is 4.74. The maximum atomic E-state index is 11.5. The van der Waals surface area contributed by atoms with Crippen LogP contribution in [-0.4, -0.2) is 36.6 Å². The first kappa shape index (κ1) is 24.0. The smallest absolute Gasteiger partial charge is 0.333 e. The molecule has 1 unspecified atom stereocenters. The van der Waals surface area contributed by atoms with Crippen LogP contribution >= 0.6 is 0 Å². The molecule has 6 heteroatoms. The van der Waals surface area contributed by atoms with E-state index >= 15 is 0 Å². The third-order valence-corrected chi connectivity index (χ3v) is 5.02. The summed E-state index contributed by atoms with van der Waals surface area (Å²) < 4.78 is 10.9. The molecule has 0 saturated heterocycles. The number of aliphatic carboxylic acids is 1. The minimum absolute atomic E-state index is 0.183. The SMILES string of the molecule is COc1ccc(CC(OC(C)C)C(=O)O)cc1/C=N/OCc1ccccc1-c1ccccc1. The Bertz CT molecular complexity index is 1080. The lowest BCUT2D eigenvalue weighted by Crippen LogP contribution is -2.29. The van der Waals surface area contributed by atoms with Crippen molar-refractivity contribution in [1.82, 2.24) is 0 Å². The number of carbonyl (C=O) groups is 1. The highest BCUT2D eigenvalue weighted by Gasteiger charge is 2.20. The fourth-order valence-corrected chi connectivity index (χ4v) is 3.49. The highest BCUT2D eigenvalue weighted by molar-refractivity contribution is 5.83. The van der Waals surface area contributed by atoms with Gasteiger partial charge in [-0.15, -0.1) is 0 Å². The van der Waals surface area contributed by atoms with E-state index in [2.05, 4.69) is 23.4 Å². The summed E-state index contributed by atoms with van der Waals surface area (Å²) >= 11 is 0. The number of carboxylic acids is 1. The third-order valence-electron chi connectivity index (χ3n) is 5.02. The lowest BCUT2D eigenvalue weighted by Gasteiger charge is -2.17. The third kappa shape index (κ3) is 6.92. The van der Waals surface area contributed by atoms with Crippen molar-refractivity contribution in [2.24, 2.45) is 5.16 Å². The molecular weight excluding hydrogens is 418 g/mol. The van der Waals surface area contributed by atoms with Crippen LogP contribution in [0.15, 0.2) is 78.0 Å². The summed E-state index contributed by atoms with van der Waals surface area (Å²) in [6.45, 7) is 3.94. The Kier molecular flexibility index (Phi) is 8.61. The lowest BCUT2D eigenvalue weighted by atomic mass is 10.0. The Labute approximate surface area is 194 Å². The van der Waals surface area contributed by atoms with Crippen molar-refractivity contribution in [3.05, 3.63) is 89.5 Å². The van der Waals surface area contributed by atoms with Gasteiger partial charge in [-0.3, -0.25) is 0 Å². The predicted molar refractivity (Wildman–Crippen MR) is 129 cm³/mol. The van der Waals surface area contributed by atoms with E-state index in [0.717, 1.165) is 22.3 Å². The van der Waals surface area contributed by atoms with Crippen LogP contribution in [0.4, 0.5) is 0 Å². The molecule has 0 saturated carbocycles. The molecule has 0 spiro atoms. The molecule has 33 heavy (non-hydrogen) atoms. The van der Waals surface area contributed by atoms with Gasteiger partial charge in [0.25, 0.3) is 0 Å². The van der Waals surface area contributed by atoms with Gasteiger partial charge < -0.3 is 19.4 Å². The molecule has 1 atom stereocenters. The number of methoxy groups -OCH3 is 1. The van der Waals surface area contributed by atoms with E-state index in [1.807, 2.05) is 62.4 Å². The maximum absolute atomic E-state index is 11.5. The molecule has 3 aromatic rings. The highest BCUT2D eigenvalue weighted by Crippen LogP contribution is 2.24.